The summed E-state index contributed by atoms with van der Waals surface area (Å²) in [6, 6.07) is 5.10. The van der Waals surface area contributed by atoms with Crippen LogP contribution in [0.1, 0.15) is 57.4 Å². The van der Waals surface area contributed by atoms with Crippen LogP contribution in [0.3, 0.4) is 0 Å². The SMILES string of the molecule is CCCCCOC(=O)C(Cc1ccc(OC(=O)OCCCCO[N+](=O)[O-])cc1)NC(=O)OCCCCO[N+](=O)[O-]. The van der Waals surface area contributed by atoms with Crippen LogP contribution in [-0.4, -0.2) is 67.5 Å². The van der Waals surface area contributed by atoms with E-state index in [1.54, 1.807) is 12.1 Å². The highest BCUT2D eigenvalue weighted by atomic mass is 17.0. The average molecular weight is 574 g/mol. The Labute approximate surface area is 230 Å². The first-order valence-electron chi connectivity index (χ1n) is 12.8. The summed E-state index contributed by atoms with van der Waals surface area (Å²) in [5.74, 6) is -0.461. The van der Waals surface area contributed by atoms with Crippen molar-refractivity contribution in [1.82, 2.24) is 5.32 Å². The molecule has 1 aromatic carbocycles. The molecule has 0 heterocycles. The number of nitrogens with zero attached hydrogens (tertiary/aromatic N) is 2. The topological polar surface area (TPSA) is 205 Å². The van der Waals surface area contributed by atoms with Gasteiger partial charge in [-0.2, -0.15) is 0 Å². The van der Waals surface area contributed by atoms with E-state index in [4.69, 9.17) is 18.9 Å². The highest BCUT2D eigenvalue weighted by molar-refractivity contribution is 5.81. The van der Waals surface area contributed by atoms with Crippen LogP contribution in [0.4, 0.5) is 9.59 Å². The number of hydrogen-bond acceptors (Lipinski definition) is 13. The van der Waals surface area contributed by atoms with Gasteiger partial charge in [0, 0.05) is 6.42 Å². The molecule has 0 aliphatic carbocycles. The zero-order valence-electron chi connectivity index (χ0n) is 22.3. The van der Waals surface area contributed by atoms with Crippen molar-refractivity contribution >= 4 is 18.2 Å². The maximum atomic E-state index is 12.6. The maximum absolute atomic E-state index is 12.6. The molecule has 0 spiro atoms. The van der Waals surface area contributed by atoms with E-state index in [0.717, 1.165) is 12.8 Å². The number of benzene rings is 1. The van der Waals surface area contributed by atoms with Crippen LogP contribution in [0.2, 0.25) is 0 Å². The third-order valence-corrected chi connectivity index (χ3v) is 5.06. The second-order valence-electron chi connectivity index (χ2n) is 8.28. The van der Waals surface area contributed by atoms with Gasteiger partial charge in [0.1, 0.15) is 11.8 Å². The van der Waals surface area contributed by atoms with Crippen LogP contribution in [0.25, 0.3) is 0 Å². The van der Waals surface area contributed by atoms with Crippen molar-refractivity contribution in [3.05, 3.63) is 50.1 Å². The first-order valence-corrected chi connectivity index (χ1v) is 12.8. The van der Waals surface area contributed by atoms with Gasteiger partial charge in [0.05, 0.1) is 33.0 Å². The second-order valence-corrected chi connectivity index (χ2v) is 8.28. The first kappa shape index (κ1) is 33.7. The molecule has 0 saturated carbocycles. The highest BCUT2D eigenvalue weighted by Crippen LogP contribution is 2.15. The fourth-order valence-corrected chi connectivity index (χ4v) is 3.06. The molecule has 1 N–H and O–H groups in total. The van der Waals surface area contributed by atoms with E-state index >= 15 is 0 Å². The normalized spacial score (nSPS) is 11.0. The standard InChI is InChI=1S/C24H35N3O13/c1-2-3-4-13-35-22(28)21(25-23(29)36-14-5-7-16-38-26(31)32)18-19-9-11-20(12-10-19)40-24(30)37-15-6-8-17-39-27(33)34/h9-12,21H,2-8,13-18H2,1H3,(H,25,29). The zero-order valence-corrected chi connectivity index (χ0v) is 22.3. The Balaban J connectivity index is 2.57. The molecule has 0 fully saturated rings. The van der Waals surface area contributed by atoms with E-state index in [0.29, 0.717) is 37.7 Å². The van der Waals surface area contributed by atoms with Crippen LogP contribution in [-0.2, 0) is 35.1 Å². The summed E-state index contributed by atoms with van der Waals surface area (Å²) in [6.07, 6.45) is 2.08. The second kappa shape index (κ2) is 20.6. The van der Waals surface area contributed by atoms with Crippen LogP contribution < -0.4 is 10.1 Å². The van der Waals surface area contributed by atoms with Gasteiger partial charge < -0.3 is 33.9 Å². The zero-order chi connectivity index (χ0) is 29.6. The fraction of sp³-hybridized carbons (Fsp3) is 0.625. The van der Waals surface area contributed by atoms with Crippen molar-refractivity contribution < 1.29 is 53.2 Å². The van der Waals surface area contributed by atoms with Crippen LogP contribution >= 0.6 is 0 Å². The molecule has 1 amide bonds. The summed E-state index contributed by atoms with van der Waals surface area (Å²) in [7, 11) is 0. The molecule has 40 heavy (non-hydrogen) atoms. The Kier molecular flexibility index (Phi) is 17.3. The Morgan fingerprint density at radius 3 is 1.88 bits per heavy atom. The molecule has 0 saturated heterocycles. The minimum atomic E-state index is -1.05. The van der Waals surface area contributed by atoms with Gasteiger partial charge >= 0.3 is 18.2 Å². The van der Waals surface area contributed by atoms with Gasteiger partial charge in [0.2, 0.25) is 0 Å². The number of unbranched alkanes of at least 4 members (excludes halogenated alkanes) is 4. The number of carbonyl (C=O) groups is 3. The van der Waals surface area contributed by atoms with Gasteiger partial charge in [0.15, 0.2) is 0 Å². The molecular weight excluding hydrogens is 538 g/mol. The third-order valence-electron chi connectivity index (χ3n) is 5.06. The van der Waals surface area contributed by atoms with E-state index < -0.39 is 34.4 Å². The number of rotatable bonds is 21. The van der Waals surface area contributed by atoms with Crippen molar-refractivity contribution in [1.29, 1.82) is 0 Å². The summed E-state index contributed by atoms with van der Waals surface area (Å²) in [4.78, 5) is 65.2. The molecule has 1 rings (SSSR count). The van der Waals surface area contributed by atoms with E-state index in [2.05, 4.69) is 15.0 Å². The number of esters is 1. The van der Waals surface area contributed by atoms with Gasteiger partial charge in [-0.15, -0.1) is 20.2 Å². The third kappa shape index (κ3) is 17.2. The van der Waals surface area contributed by atoms with Crippen LogP contribution in [0, 0.1) is 20.2 Å². The monoisotopic (exact) mass is 573 g/mol. The summed E-state index contributed by atoms with van der Waals surface area (Å²) in [6.45, 7) is 1.96. The Morgan fingerprint density at radius 2 is 1.30 bits per heavy atom. The summed E-state index contributed by atoms with van der Waals surface area (Å²) in [5, 5.41) is 20.9. The average Bonchev–Trinajstić information content (AvgIpc) is 2.90. The molecule has 0 bridgehead atoms. The van der Waals surface area contributed by atoms with E-state index in [1.165, 1.54) is 12.1 Å². The smallest absolute Gasteiger partial charge is 0.464 e. The molecular formula is C24H35N3O13. The molecule has 0 radical (unpaired) electrons. The van der Waals surface area contributed by atoms with Crippen molar-refractivity contribution in [2.45, 2.75) is 64.3 Å². The molecule has 0 aromatic heterocycles. The molecule has 224 valence electrons. The van der Waals surface area contributed by atoms with Gasteiger partial charge in [0.25, 0.3) is 10.2 Å². The van der Waals surface area contributed by atoms with E-state index in [9.17, 15) is 34.6 Å². The Morgan fingerprint density at radius 1 is 0.775 bits per heavy atom. The van der Waals surface area contributed by atoms with E-state index in [1.807, 2.05) is 6.92 Å². The molecule has 1 atom stereocenters. The number of ether oxygens (including phenoxy) is 4. The first-order chi connectivity index (χ1) is 19.2. The maximum Gasteiger partial charge on any atom is 0.513 e. The fourth-order valence-electron chi connectivity index (χ4n) is 3.06. The lowest BCUT2D eigenvalue weighted by Gasteiger charge is -2.18. The lowest BCUT2D eigenvalue weighted by Crippen LogP contribution is -2.43. The predicted octanol–water partition coefficient (Wildman–Crippen LogP) is 3.55. The lowest BCUT2D eigenvalue weighted by atomic mass is 10.1. The lowest BCUT2D eigenvalue weighted by molar-refractivity contribution is -0.757. The van der Waals surface area contributed by atoms with Gasteiger partial charge in [-0.05, 0) is 49.8 Å². The molecule has 16 nitrogen and oxygen atoms in total. The number of amides is 1. The van der Waals surface area contributed by atoms with Crippen molar-refractivity contribution in [3.8, 4) is 5.75 Å². The number of carbonyl (C=O) groups excluding carboxylic acids is 3. The van der Waals surface area contributed by atoms with E-state index in [-0.39, 0.29) is 45.2 Å². The largest absolute Gasteiger partial charge is 0.513 e. The van der Waals surface area contributed by atoms with Crippen LogP contribution in [0.15, 0.2) is 24.3 Å². The minimum absolute atomic E-state index is 0.00549. The quantitative estimate of drug-likeness (QED) is 0.0558. The molecule has 0 aliphatic rings. The van der Waals surface area contributed by atoms with Crippen molar-refractivity contribution in [2.24, 2.45) is 0 Å². The van der Waals surface area contributed by atoms with Gasteiger partial charge in [-0.1, -0.05) is 31.9 Å². The van der Waals surface area contributed by atoms with Gasteiger partial charge in [-0.25, -0.2) is 14.4 Å². The molecule has 0 aliphatic heterocycles. The van der Waals surface area contributed by atoms with Crippen molar-refractivity contribution in [3.63, 3.8) is 0 Å². The molecule has 16 heteroatoms. The number of nitrogens with one attached hydrogen (secondary N) is 1. The number of hydrogen-bond donors (Lipinski definition) is 1. The molecule has 1 unspecified atom stereocenters. The Bertz CT molecular complexity index is 927. The summed E-state index contributed by atoms with van der Waals surface area (Å²) >= 11 is 0. The molecule has 1 aromatic rings. The van der Waals surface area contributed by atoms with Crippen LogP contribution in [0.5, 0.6) is 5.75 Å². The van der Waals surface area contributed by atoms with Crippen molar-refractivity contribution in [2.75, 3.05) is 33.0 Å². The summed E-state index contributed by atoms with van der Waals surface area (Å²) < 4.78 is 20.3. The predicted molar refractivity (Wildman–Crippen MR) is 135 cm³/mol. The minimum Gasteiger partial charge on any atom is -0.464 e. The highest BCUT2D eigenvalue weighted by Gasteiger charge is 2.23. The summed E-state index contributed by atoms with van der Waals surface area (Å²) in [5.41, 5.74) is 0.624. The number of alkyl carbamates (subject to hydrolysis) is 1. The van der Waals surface area contributed by atoms with Gasteiger partial charge in [-0.3, -0.25) is 0 Å². The Hall–Kier alpha value is -4.37.